The highest BCUT2D eigenvalue weighted by atomic mass is 32.1. The second-order valence-electron chi connectivity index (χ2n) is 4.27. The van der Waals surface area contributed by atoms with Gasteiger partial charge in [-0.05, 0) is 19.1 Å². The van der Waals surface area contributed by atoms with E-state index in [4.69, 9.17) is 22.7 Å². The maximum absolute atomic E-state index is 11.8. The molecule has 20 heavy (non-hydrogen) atoms. The molecule has 0 radical (unpaired) electrons. The molecule has 0 saturated carbocycles. The second-order valence-corrected chi connectivity index (χ2v) is 4.71. The molecule has 0 amide bonds. The maximum atomic E-state index is 11.8. The van der Waals surface area contributed by atoms with Crippen LogP contribution in [0.15, 0.2) is 41.5 Å². The van der Waals surface area contributed by atoms with E-state index in [-0.39, 0.29) is 5.69 Å². The number of ether oxygens (including phenoxy) is 1. The number of thiocarbonyl (C=S) groups is 1. The van der Waals surface area contributed by atoms with Crippen molar-refractivity contribution in [3.8, 4) is 5.75 Å². The van der Waals surface area contributed by atoms with E-state index >= 15 is 0 Å². The Morgan fingerprint density at radius 1 is 1.30 bits per heavy atom. The summed E-state index contributed by atoms with van der Waals surface area (Å²) in [5, 5.41) is 0. The van der Waals surface area contributed by atoms with E-state index in [1.54, 1.807) is 21.5 Å². The molecule has 1 aromatic heterocycles. The molecule has 1 heterocycles. The molecule has 0 fully saturated rings. The minimum Gasteiger partial charge on any atom is -0.491 e. The van der Waals surface area contributed by atoms with Crippen molar-refractivity contribution < 1.29 is 4.74 Å². The lowest BCUT2D eigenvalue weighted by Crippen LogP contribution is -2.25. The first-order valence-electron chi connectivity index (χ1n) is 6.40. The summed E-state index contributed by atoms with van der Waals surface area (Å²) in [4.78, 5) is 12.1. The molecule has 6 heteroatoms. The minimum atomic E-state index is -0.0290. The highest BCUT2D eigenvalue weighted by Crippen LogP contribution is 2.17. The van der Waals surface area contributed by atoms with Crippen molar-refractivity contribution in [3.63, 3.8) is 0 Å². The van der Waals surface area contributed by atoms with Crippen LogP contribution in [0.3, 0.4) is 0 Å². The van der Waals surface area contributed by atoms with Crippen LogP contribution in [0.5, 0.6) is 5.75 Å². The molecule has 0 saturated heterocycles. The molecule has 0 atom stereocenters. The Morgan fingerprint density at radius 3 is 2.65 bits per heavy atom. The van der Waals surface area contributed by atoms with Gasteiger partial charge in [0.15, 0.2) is 0 Å². The molecule has 2 rings (SSSR count). The predicted molar refractivity (Wildman–Crippen MR) is 82.2 cm³/mol. The normalized spacial score (nSPS) is 10.4. The standard InChI is InChI=1S/C14H17N3O2S/c1-2-16-7-8-17(14(16)18)9-10-19-12-6-4-3-5-11(12)13(15)20/h3-8H,2,9-10H2,1H3,(H2,15,20). The Bertz CT molecular complexity index is 660. The number of nitrogens with zero attached hydrogens (tertiary/aromatic N) is 2. The SMILES string of the molecule is CCn1ccn(CCOc2ccccc2C(N)=S)c1=O. The van der Waals surface area contributed by atoms with Crippen molar-refractivity contribution in [1.82, 2.24) is 9.13 Å². The zero-order valence-corrected chi connectivity index (χ0v) is 12.1. The Morgan fingerprint density at radius 2 is 2.00 bits per heavy atom. The molecule has 2 aromatic rings. The fourth-order valence-corrected chi connectivity index (χ4v) is 2.08. The summed E-state index contributed by atoms with van der Waals surface area (Å²) in [5.41, 5.74) is 6.32. The van der Waals surface area contributed by atoms with Gasteiger partial charge in [0.25, 0.3) is 0 Å². The lowest BCUT2D eigenvalue weighted by molar-refractivity contribution is 0.295. The summed E-state index contributed by atoms with van der Waals surface area (Å²) in [5.74, 6) is 0.642. The third-order valence-electron chi connectivity index (χ3n) is 3.00. The van der Waals surface area contributed by atoms with Crippen LogP contribution < -0.4 is 16.2 Å². The van der Waals surface area contributed by atoms with Crippen LogP contribution in [0.1, 0.15) is 12.5 Å². The molecule has 0 aliphatic heterocycles. The third-order valence-corrected chi connectivity index (χ3v) is 3.22. The van der Waals surface area contributed by atoms with Gasteiger partial charge in [-0.15, -0.1) is 0 Å². The molecule has 0 unspecified atom stereocenters. The largest absolute Gasteiger partial charge is 0.491 e. The van der Waals surface area contributed by atoms with E-state index in [2.05, 4.69) is 0 Å². The summed E-state index contributed by atoms with van der Waals surface area (Å²) in [6.45, 7) is 3.46. The van der Waals surface area contributed by atoms with Crippen LogP contribution >= 0.6 is 12.2 Å². The second kappa shape index (κ2) is 6.38. The molecular formula is C14H17N3O2S. The molecular weight excluding hydrogens is 274 g/mol. The van der Waals surface area contributed by atoms with Crippen LogP contribution in [-0.2, 0) is 13.1 Å². The summed E-state index contributed by atoms with van der Waals surface area (Å²) in [7, 11) is 0. The summed E-state index contributed by atoms with van der Waals surface area (Å²) < 4.78 is 8.92. The van der Waals surface area contributed by atoms with Gasteiger partial charge in [-0.25, -0.2) is 4.79 Å². The van der Waals surface area contributed by atoms with Crippen LogP contribution in [0.25, 0.3) is 0 Å². The van der Waals surface area contributed by atoms with Gasteiger partial charge in [0.2, 0.25) is 0 Å². The van der Waals surface area contributed by atoms with E-state index in [0.717, 1.165) is 0 Å². The van der Waals surface area contributed by atoms with Crippen LogP contribution in [-0.4, -0.2) is 20.7 Å². The topological polar surface area (TPSA) is 62.2 Å². The predicted octanol–water partition coefficient (Wildman–Crippen LogP) is 1.38. The van der Waals surface area contributed by atoms with Gasteiger partial charge in [0.05, 0.1) is 12.1 Å². The van der Waals surface area contributed by atoms with E-state index < -0.39 is 0 Å². The van der Waals surface area contributed by atoms with E-state index in [9.17, 15) is 4.79 Å². The monoisotopic (exact) mass is 291 g/mol. The van der Waals surface area contributed by atoms with Crippen molar-refractivity contribution in [2.45, 2.75) is 20.0 Å². The molecule has 0 aliphatic carbocycles. The van der Waals surface area contributed by atoms with Gasteiger partial charge in [-0.1, -0.05) is 24.4 Å². The van der Waals surface area contributed by atoms with Crippen molar-refractivity contribution >= 4 is 17.2 Å². The van der Waals surface area contributed by atoms with E-state index in [0.29, 0.717) is 36.0 Å². The fraction of sp³-hybridized carbons (Fsp3) is 0.286. The number of para-hydroxylation sites is 1. The van der Waals surface area contributed by atoms with Gasteiger partial charge in [-0.3, -0.25) is 9.13 Å². The first-order valence-corrected chi connectivity index (χ1v) is 6.81. The number of imidazole rings is 1. The third kappa shape index (κ3) is 3.08. The van der Waals surface area contributed by atoms with Crippen LogP contribution in [0, 0.1) is 0 Å². The molecule has 0 bridgehead atoms. The van der Waals surface area contributed by atoms with Gasteiger partial charge in [0, 0.05) is 18.9 Å². The van der Waals surface area contributed by atoms with Gasteiger partial charge >= 0.3 is 5.69 Å². The van der Waals surface area contributed by atoms with Gasteiger partial charge in [-0.2, -0.15) is 0 Å². The summed E-state index contributed by atoms with van der Waals surface area (Å²) >= 11 is 4.97. The molecule has 1 aromatic carbocycles. The molecule has 0 aliphatic rings. The van der Waals surface area contributed by atoms with Crippen LogP contribution in [0.2, 0.25) is 0 Å². The summed E-state index contributed by atoms with van der Waals surface area (Å²) in [6.07, 6.45) is 3.53. The van der Waals surface area contributed by atoms with E-state index in [1.165, 1.54) is 0 Å². The number of hydrogen-bond donors (Lipinski definition) is 1. The lowest BCUT2D eigenvalue weighted by atomic mass is 10.2. The molecule has 2 N–H and O–H groups in total. The number of aromatic nitrogens is 2. The average molecular weight is 291 g/mol. The lowest BCUT2D eigenvalue weighted by Gasteiger charge is -2.10. The fourth-order valence-electron chi connectivity index (χ4n) is 1.91. The smallest absolute Gasteiger partial charge is 0.328 e. The van der Waals surface area contributed by atoms with Crippen molar-refractivity contribution in [2.24, 2.45) is 5.73 Å². The zero-order valence-electron chi connectivity index (χ0n) is 11.3. The number of aryl methyl sites for hydroxylation is 1. The maximum Gasteiger partial charge on any atom is 0.328 e. The average Bonchev–Trinajstić information content (AvgIpc) is 2.80. The highest BCUT2D eigenvalue weighted by molar-refractivity contribution is 7.80. The quantitative estimate of drug-likeness (QED) is 0.817. The molecule has 106 valence electrons. The Hall–Kier alpha value is -2.08. The summed E-state index contributed by atoms with van der Waals surface area (Å²) in [6, 6.07) is 7.34. The van der Waals surface area contributed by atoms with Crippen molar-refractivity contribution in [1.29, 1.82) is 0 Å². The first kappa shape index (κ1) is 14.3. The molecule has 0 spiro atoms. The Balaban J connectivity index is 2.01. The molecule has 5 nitrogen and oxygen atoms in total. The number of benzene rings is 1. The van der Waals surface area contributed by atoms with E-state index in [1.807, 2.05) is 31.2 Å². The number of nitrogens with two attached hydrogens (primary N) is 1. The highest BCUT2D eigenvalue weighted by Gasteiger charge is 2.06. The number of rotatable bonds is 6. The van der Waals surface area contributed by atoms with Crippen molar-refractivity contribution in [3.05, 3.63) is 52.7 Å². The first-order chi connectivity index (χ1) is 9.63. The van der Waals surface area contributed by atoms with Crippen LogP contribution in [0.4, 0.5) is 0 Å². The Labute approximate surface area is 122 Å². The van der Waals surface area contributed by atoms with Gasteiger partial charge < -0.3 is 10.5 Å². The minimum absolute atomic E-state index is 0.0290. The van der Waals surface area contributed by atoms with Gasteiger partial charge in [0.1, 0.15) is 17.3 Å². The zero-order chi connectivity index (χ0) is 14.5. The van der Waals surface area contributed by atoms with Crippen molar-refractivity contribution in [2.75, 3.05) is 6.61 Å². The Kier molecular flexibility index (Phi) is 4.57. The number of hydrogen-bond acceptors (Lipinski definition) is 3.